The molecule has 1 spiro atoms. The largest absolute Gasteiger partial charge is 0.396 e. The van der Waals surface area contributed by atoms with Crippen LogP contribution in [0.25, 0.3) is 0 Å². The van der Waals surface area contributed by atoms with Gasteiger partial charge in [-0.3, -0.25) is 14.4 Å². The van der Waals surface area contributed by atoms with E-state index in [9.17, 15) is 19.5 Å². The van der Waals surface area contributed by atoms with Gasteiger partial charge in [0.1, 0.15) is 6.04 Å². The van der Waals surface area contributed by atoms with E-state index in [1.165, 1.54) is 0 Å². The highest BCUT2D eigenvalue weighted by Crippen LogP contribution is 2.68. The summed E-state index contributed by atoms with van der Waals surface area (Å²) >= 11 is 5.55. The van der Waals surface area contributed by atoms with E-state index in [0.29, 0.717) is 38.9 Å². The highest BCUT2D eigenvalue weighted by atomic mass is 79.9. The SMILES string of the molecule is C=CCN(C(=O)[C@H]1[C@@H]2SC3(CC2Br)C(C(=O)N(CC=C)C(C)(C)CC(C)(C)C)N(CCCCO)C(=O)[C@H]13)c1ccccc1. The predicted octanol–water partition coefficient (Wildman–Crippen LogP) is 5.67. The number of amides is 3. The van der Waals surface area contributed by atoms with Gasteiger partial charge in [0.15, 0.2) is 0 Å². The van der Waals surface area contributed by atoms with Crippen LogP contribution >= 0.6 is 27.7 Å². The summed E-state index contributed by atoms with van der Waals surface area (Å²) in [5.41, 5.74) is 0.247. The van der Waals surface area contributed by atoms with Gasteiger partial charge in [0.05, 0.1) is 16.6 Å². The lowest BCUT2D eigenvalue weighted by Crippen LogP contribution is -2.60. The molecule has 9 heteroatoms. The fourth-order valence-electron chi connectivity index (χ4n) is 7.87. The lowest BCUT2D eigenvalue weighted by Gasteiger charge is -2.46. The standard InChI is InChI=1S/C34H48BrN3O4S/c1-8-17-36(23-15-11-10-12-16-23)29(40)25-26-30(41)37(19-13-14-20-39)28(34(26)21-24(35)27(25)43-34)31(42)38(18-9-2)33(6,7)22-32(3,4)5/h8-12,15-16,24-28,39H,1-2,13-14,17-22H2,3-7H3/t24?,25-,26+,27-,28?,34?/m1/s1. The molecule has 1 aromatic carbocycles. The summed E-state index contributed by atoms with van der Waals surface area (Å²) in [6.45, 7) is 19.6. The molecule has 43 heavy (non-hydrogen) atoms. The number of aliphatic hydroxyl groups excluding tert-OH is 1. The number of hydrogen-bond donors (Lipinski definition) is 1. The molecule has 3 heterocycles. The molecule has 1 aromatic rings. The number of fused-ring (bicyclic) bond motifs is 1. The number of benzene rings is 1. The van der Waals surface area contributed by atoms with Gasteiger partial charge in [-0.1, -0.05) is 67.1 Å². The zero-order valence-corrected chi connectivity index (χ0v) is 28.7. The number of thioether (sulfide) groups is 1. The number of alkyl halides is 1. The molecule has 3 fully saturated rings. The van der Waals surface area contributed by atoms with Crippen molar-refractivity contribution in [2.45, 2.75) is 86.7 Å². The Morgan fingerprint density at radius 2 is 1.74 bits per heavy atom. The quantitative estimate of drug-likeness (QED) is 0.166. The van der Waals surface area contributed by atoms with Gasteiger partial charge in [0.2, 0.25) is 17.7 Å². The summed E-state index contributed by atoms with van der Waals surface area (Å²) in [5.74, 6) is -1.50. The van der Waals surface area contributed by atoms with Gasteiger partial charge in [0, 0.05) is 47.5 Å². The van der Waals surface area contributed by atoms with E-state index in [1.54, 1.807) is 33.7 Å². The van der Waals surface area contributed by atoms with Crippen LogP contribution in [0.3, 0.4) is 0 Å². The first-order valence-electron chi connectivity index (χ1n) is 15.4. The van der Waals surface area contributed by atoms with Crippen LogP contribution in [-0.4, -0.2) is 85.3 Å². The van der Waals surface area contributed by atoms with E-state index in [4.69, 9.17) is 0 Å². The molecule has 3 aliphatic heterocycles. The molecule has 0 saturated carbocycles. The van der Waals surface area contributed by atoms with Crippen LogP contribution in [0.15, 0.2) is 55.6 Å². The average molecular weight is 675 g/mol. The Morgan fingerprint density at radius 3 is 2.33 bits per heavy atom. The monoisotopic (exact) mass is 673 g/mol. The van der Waals surface area contributed by atoms with Crippen molar-refractivity contribution in [2.75, 3.05) is 31.1 Å². The van der Waals surface area contributed by atoms with Crippen LogP contribution in [0, 0.1) is 17.3 Å². The summed E-state index contributed by atoms with van der Waals surface area (Å²) < 4.78 is -0.736. The van der Waals surface area contributed by atoms with E-state index < -0.39 is 28.2 Å². The van der Waals surface area contributed by atoms with Gasteiger partial charge in [-0.05, 0) is 57.1 Å². The van der Waals surface area contributed by atoms with Crippen LogP contribution in [0.1, 0.15) is 60.3 Å². The molecule has 1 N–H and O–H groups in total. The molecule has 4 rings (SSSR count). The molecular weight excluding hydrogens is 626 g/mol. The molecule has 0 aromatic heterocycles. The highest BCUT2D eigenvalue weighted by Gasteiger charge is 2.76. The summed E-state index contributed by atoms with van der Waals surface area (Å²) in [7, 11) is 0. The second-order valence-corrected chi connectivity index (χ2v) is 16.7. The fraction of sp³-hybridized carbons (Fsp3) is 0.618. The van der Waals surface area contributed by atoms with Crippen molar-refractivity contribution >= 4 is 51.1 Å². The molecule has 0 aliphatic carbocycles. The number of aliphatic hydroxyl groups is 1. The number of unbranched alkanes of at least 4 members (excludes halogenated alkanes) is 1. The Labute approximate surface area is 270 Å². The zero-order chi connectivity index (χ0) is 31.7. The number of anilines is 1. The molecule has 3 unspecified atom stereocenters. The van der Waals surface area contributed by atoms with Crippen LogP contribution in [0.2, 0.25) is 0 Å². The van der Waals surface area contributed by atoms with E-state index in [0.717, 1.165) is 12.1 Å². The second kappa shape index (κ2) is 13.1. The van der Waals surface area contributed by atoms with Crippen molar-refractivity contribution in [1.82, 2.24) is 9.80 Å². The van der Waals surface area contributed by atoms with Gasteiger partial charge in [-0.15, -0.1) is 24.9 Å². The van der Waals surface area contributed by atoms with E-state index in [2.05, 4.69) is 63.7 Å². The number of hydrogen-bond acceptors (Lipinski definition) is 5. The van der Waals surface area contributed by atoms with Crippen molar-refractivity contribution in [3.8, 4) is 0 Å². The molecular formula is C34H48BrN3O4S. The Morgan fingerprint density at radius 1 is 1.09 bits per heavy atom. The Bertz CT molecular complexity index is 1220. The predicted molar refractivity (Wildman–Crippen MR) is 179 cm³/mol. The number of rotatable bonds is 13. The molecule has 7 nitrogen and oxygen atoms in total. The number of para-hydroxylation sites is 1. The summed E-state index contributed by atoms with van der Waals surface area (Å²) in [5, 5.41) is 9.39. The highest BCUT2D eigenvalue weighted by molar-refractivity contribution is 9.09. The minimum absolute atomic E-state index is 0.0139. The third-order valence-electron chi connectivity index (χ3n) is 9.03. The second-order valence-electron chi connectivity index (χ2n) is 14.0. The smallest absolute Gasteiger partial charge is 0.247 e. The Hall–Kier alpha value is -2.10. The van der Waals surface area contributed by atoms with Gasteiger partial charge < -0.3 is 19.8 Å². The maximum Gasteiger partial charge on any atom is 0.247 e. The summed E-state index contributed by atoms with van der Waals surface area (Å²) in [6, 6.07) is 8.80. The normalized spacial score (nSPS) is 28.1. The van der Waals surface area contributed by atoms with Gasteiger partial charge in [-0.2, -0.15) is 0 Å². The van der Waals surface area contributed by atoms with E-state index in [-0.39, 0.29) is 39.8 Å². The first-order chi connectivity index (χ1) is 20.2. The molecule has 6 atom stereocenters. The van der Waals surface area contributed by atoms with Crippen molar-refractivity contribution in [3.05, 3.63) is 55.6 Å². The zero-order valence-electron chi connectivity index (χ0n) is 26.3. The third kappa shape index (κ3) is 6.36. The van der Waals surface area contributed by atoms with E-state index >= 15 is 0 Å². The first-order valence-corrected chi connectivity index (χ1v) is 17.2. The molecule has 0 radical (unpaired) electrons. The topological polar surface area (TPSA) is 81.2 Å². The Balaban J connectivity index is 1.80. The van der Waals surface area contributed by atoms with Gasteiger partial charge in [0.25, 0.3) is 0 Å². The van der Waals surface area contributed by atoms with Crippen LogP contribution in [0.4, 0.5) is 5.69 Å². The number of carbonyl (C=O) groups is 3. The summed E-state index contributed by atoms with van der Waals surface area (Å²) in [4.78, 5) is 49.3. The number of halogens is 1. The van der Waals surface area contributed by atoms with Crippen molar-refractivity contribution in [1.29, 1.82) is 0 Å². The molecule has 2 bridgehead atoms. The van der Waals surface area contributed by atoms with Crippen molar-refractivity contribution in [2.24, 2.45) is 17.3 Å². The van der Waals surface area contributed by atoms with Gasteiger partial charge in [-0.25, -0.2) is 0 Å². The number of carbonyl (C=O) groups excluding carboxylic acids is 3. The maximum atomic E-state index is 14.9. The minimum Gasteiger partial charge on any atom is -0.396 e. The van der Waals surface area contributed by atoms with Gasteiger partial charge >= 0.3 is 0 Å². The molecule has 3 saturated heterocycles. The van der Waals surface area contributed by atoms with Crippen molar-refractivity contribution < 1.29 is 19.5 Å². The van der Waals surface area contributed by atoms with Crippen LogP contribution in [-0.2, 0) is 14.4 Å². The average Bonchev–Trinajstić information content (AvgIpc) is 3.52. The molecule has 236 valence electrons. The third-order valence-corrected chi connectivity index (χ3v) is 12.3. The minimum atomic E-state index is -0.736. The van der Waals surface area contributed by atoms with Crippen LogP contribution in [0.5, 0.6) is 0 Å². The Kier molecular flexibility index (Phi) is 10.3. The van der Waals surface area contributed by atoms with E-state index in [1.807, 2.05) is 35.2 Å². The number of nitrogens with zero attached hydrogens (tertiary/aromatic N) is 3. The van der Waals surface area contributed by atoms with Crippen molar-refractivity contribution in [3.63, 3.8) is 0 Å². The number of likely N-dealkylation sites (tertiary alicyclic amines) is 1. The lowest BCUT2D eigenvalue weighted by molar-refractivity contribution is -0.146. The maximum absolute atomic E-state index is 14.9. The lowest BCUT2D eigenvalue weighted by atomic mass is 9.70. The molecule has 3 aliphatic rings. The molecule has 3 amide bonds. The summed E-state index contributed by atoms with van der Waals surface area (Å²) in [6.07, 6.45) is 5.99. The van der Waals surface area contributed by atoms with Crippen LogP contribution < -0.4 is 4.90 Å². The first kappa shape index (κ1) is 33.8. The fourth-order valence-corrected chi connectivity index (χ4v) is 11.5.